The minimum atomic E-state index is -0.596. The molecule has 0 atom stereocenters. The van der Waals surface area contributed by atoms with Gasteiger partial charge in [0.1, 0.15) is 0 Å². The summed E-state index contributed by atoms with van der Waals surface area (Å²) in [5, 5.41) is 8.37. The van der Waals surface area contributed by atoms with Crippen molar-refractivity contribution >= 4 is 22.9 Å². The summed E-state index contributed by atoms with van der Waals surface area (Å²) in [6.45, 7) is 0. The number of nitrogens with one attached hydrogen (secondary N) is 2. The van der Waals surface area contributed by atoms with Gasteiger partial charge in [-0.05, 0) is 9.96 Å². The van der Waals surface area contributed by atoms with E-state index < -0.39 is 5.69 Å². The van der Waals surface area contributed by atoms with Crippen LogP contribution in [-0.4, -0.2) is 19.9 Å². The van der Waals surface area contributed by atoms with Crippen molar-refractivity contribution in [3.05, 3.63) is 15.5 Å². The number of rotatable bonds is 0. The molecule has 0 saturated heterocycles. The maximum Gasteiger partial charge on any atom is 0.528 e. The van der Waals surface area contributed by atoms with Crippen LogP contribution in [0.15, 0.2) is 4.79 Å². The smallest absolute Gasteiger partial charge is 0.382 e. The summed E-state index contributed by atoms with van der Waals surface area (Å²) in [7, 11) is 0. The second-order valence-corrected chi connectivity index (χ2v) is 2.31. The molecule has 0 aromatic carbocycles. The van der Waals surface area contributed by atoms with Crippen LogP contribution in [0.4, 0.5) is 11.8 Å². The van der Waals surface area contributed by atoms with Crippen molar-refractivity contribution in [3.63, 3.8) is 0 Å². The molecule has 0 aliphatic heterocycles. The number of nitrogens with two attached hydrogens (primary N) is 1. The molecule has 0 amide bonds. The van der Waals surface area contributed by atoms with E-state index in [2.05, 4.69) is 24.9 Å². The molecule has 4 N–H and O–H groups in total. The monoisotopic (exact) mass is 178 g/mol. The molecule has 8 nitrogen and oxygen atoms in total. The molecule has 0 radical (unpaired) electrons. The summed E-state index contributed by atoms with van der Waals surface area (Å²) in [6, 6.07) is 0. The van der Waals surface area contributed by atoms with E-state index in [1.54, 1.807) is 0 Å². The van der Waals surface area contributed by atoms with Gasteiger partial charge in [-0.3, -0.25) is 4.98 Å². The first kappa shape index (κ1) is 7.23. The van der Waals surface area contributed by atoms with E-state index in [1.807, 2.05) is 0 Å². The number of nitrogens with zero attached hydrogens (tertiary/aromatic N) is 4. The van der Waals surface area contributed by atoms with E-state index in [0.29, 0.717) is 5.52 Å². The summed E-state index contributed by atoms with van der Waals surface area (Å²) < 4.78 is 0. The quantitative estimate of drug-likeness (QED) is 0.477. The highest BCUT2D eigenvalue weighted by molar-refractivity contribution is 5.82. The molecule has 0 unspecified atom stereocenters. The third-order valence-electron chi connectivity index (χ3n) is 1.49. The lowest BCUT2D eigenvalue weighted by atomic mass is 10.5. The summed E-state index contributed by atoms with van der Waals surface area (Å²) in [6.07, 6.45) is 0. The van der Waals surface area contributed by atoms with Gasteiger partial charge >= 0.3 is 11.6 Å². The average molecular weight is 178 g/mol. The molecule has 0 bridgehead atoms. The Morgan fingerprint density at radius 3 is 2.85 bits per heavy atom. The molecular formula is C5H4N7O+. The number of anilines is 1. The molecule has 2 heterocycles. The van der Waals surface area contributed by atoms with Gasteiger partial charge in [0.15, 0.2) is 5.82 Å². The minimum Gasteiger partial charge on any atom is -0.382 e. The number of hydrogen-bond acceptors (Lipinski definition) is 5. The number of H-pyrrole nitrogens is 2. The first-order valence-corrected chi connectivity index (χ1v) is 3.31. The molecule has 0 fully saturated rings. The fourth-order valence-corrected chi connectivity index (χ4v) is 0.970. The maximum atomic E-state index is 10.8. The van der Waals surface area contributed by atoms with Gasteiger partial charge in [0.25, 0.3) is 5.65 Å². The first-order valence-electron chi connectivity index (χ1n) is 3.31. The number of fused-ring (bicyclic) bond motifs is 1. The molecule has 8 heteroatoms. The summed E-state index contributed by atoms with van der Waals surface area (Å²) >= 11 is 0. The fourth-order valence-electron chi connectivity index (χ4n) is 0.970. The molecule has 0 spiro atoms. The van der Waals surface area contributed by atoms with Gasteiger partial charge < -0.3 is 5.73 Å². The van der Waals surface area contributed by atoms with E-state index in [9.17, 15) is 4.79 Å². The van der Waals surface area contributed by atoms with E-state index in [1.165, 1.54) is 0 Å². The Labute approximate surface area is 70.4 Å². The van der Waals surface area contributed by atoms with Crippen LogP contribution in [0, 0.1) is 5.39 Å². The van der Waals surface area contributed by atoms with Crippen molar-refractivity contribution in [1.82, 2.24) is 19.9 Å². The summed E-state index contributed by atoms with van der Waals surface area (Å²) in [4.78, 5) is 25.6. The lowest BCUT2D eigenvalue weighted by molar-refractivity contribution is 1.11. The number of diazo groups is 1. The van der Waals surface area contributed by atoms with Crippen molar-refractivity contribution in [2.45, 2.75) is 0 Å². The van der Waals surface area contributed by atoms with Crippen LogP contribution in [0.5, 0.6) is 0 Å². The third kappa shape index (κ3) is 0.987. The highest BCUT2D eigenvalue weighted by Crippen LogP contribution is 2.15. The van der Waals surface area contributed by atoms with Crippen LogP contribution in [-0.2, 0) is 0 Å². The van der Waals surface area contributed by atoms with Gasteiger partial charge in [-0.25, -0.2) is 9.78 Å². The predicted octanol–water partition coefficient (Wildman–Crippen LogP) is -0.287. The van der Waals surface area contributed by atoms with Crippen LogP contribution in [0.3, 0.4) is 0 Å². The van der Waals surface area contributed by atoms with Crippen molar-refractivity contribution in [3.8, 4) is 0 Å². The molecule has 2 rings (SSSR count). The molecule has 2 aromatic rings. The fraction of sp³-hybridized carbons (Fsp3) is 0. The Morgan fingerprint density at radius 2 is 2.15 bits per heavy atom. The molecule has 0 aliphatic rings. The second-order valence-electron chi connectivity index (χ2n) is 2.31. The predicted molar refractivity (Wildman–Crippen MR) is 43.7 cm³/mol. The van der Waals surface area contributed by atoms with Crippen molar-refractivity contribution < 1.29 is 0 Å². The van der Waals surface area contributed by atoms with Crippen LogP contribution in [0.1, 0.15) is 0 Å². The van der Waals surface area contributed by atoms with Gasteiger partial charge in [-0.1, -0.05) is 0 Å². The van der Waals surface area contributed by atoms with E-state index >= 15 is 0 Å². The topological polar surface area (TPSA) is 129 Å². The molecule has 13 heavy (non-hydrogen) atoms. The van der Waals surface area contributed by atoms with E-state index in [-0.39, 0.29) is 17.4 Å². The van der Waals surface area contributed by atoms with Crippen molar-refractivity contribution in [1.29, 1.82) is 5.39 Å². The maximum absolute atomic E-state index is 10.8. The first-order chi connectivity index (χ1) is 6.20. The molecular weight excluding hydrogens is 174 g/mol. The third-order valence-corrected chi connectivity index (χ3v) is 1.49. The van der Waals surface area contributed by atoms with Gasteiger partial charge in [-0.2, -0.15) is 4.98 Å². The molecule has 2 aromatic heterocycles. The van der Waals surface area contributed by atoms with Crippen LogP contribution in [0.25, 0.3) is 16.1 Å². The van der Waals surface area contributed by atoms with Crippen LogP contribution in [0.2, 0.25) is 0 Å². The zero-order valence-corrected chi connectivity index (χ0v) is 6.27. The standard InChI is InChI=1S/C5H3N7O/c6-2-1-3(11-5(13)9-2)10-4(8-1)12-7/h7H,(H2,6,9,13)/p+1. The van der Waals surface area contributed by atoms with Crippen LogP contribution >= 0.6 is 0 Å². The van der Waals surface area contributed by atoms with Gasteiger partial charge in [0.2, 0.25) is 5.52 Å². The van der Waals surface area contributed by atoms with Gasteiger partial charge in [0.05, 0.1) is 5.39 Å². The lowest BCUT2D eigenvalue weighted by Gasteiger charge is -1.87. The highest BCUT2D eigenvalue weighted by Gasteiger charge is 2.17. The zero-order valence-electron chi connectivity index (χ0n) is 6.27. The number of aromatic nitrogens is 4. The Bertz CT molecular complexity index is 558. The largest absolute Gasteiger partial charge is 0.528 e. The van der Waals surface area contributed by atoms with Crippen molar-refractivity contribution in [2.24, 2.45) is 0 Å². The Morgan fingerprint density at radius 1 is 1.38 bits per heavy atom. The van der Waals surface area contributed by atoms with E-state index in [0.717, 1.165) is 0 Å². The second kappa shape index (κ2) is 2.28. The van der Waals surface area contributed by atoms with Gasteiger partial charge in [0, 0.05) is 0 Å². The van der Waals surface area contributed by atoms with Crippen LogP contribution < -0.4 is 11.4 Å². The lowest BCUT2D eigenvalue weighted by Crippen LogP contribution is -2.12. The van der Waals surface area contributed by atoms with Gasteiger partial charge in [-0.15, -0.1) is 0 Å². The number of nitrogen functional groups attached to an aromatic ring is 1. The number of aromatic amines is 2. The molecule has 64 valence electrons. The summed E-state index contributed by atoms with van der Waals surface area (Å²) in [5.74, 6) is 0.0607. The number of hydrogen-bond donors (Lipinski definition) is 3. The Hall–Kier alpha value is -2.43. The van der Waals surface area contributed by atoms with E-state index in [4.69, 9.17) is 11.1 Å². The molecule has 0 aliphatic carbocycles. The number of imidazole rings is 1. The Kier molecular flexibility index (Phi) is 1.27. The normalized spacial score (nSPS) is 10.1. The Balaban J connectivity index is 2.92. The SMILES string of the molecule is N#[N+]c1nc2nc(=O)[nH]c(N)c2[nH]1. The zero-order chi connectivity index (χ0) is 9.42. The van der Waals surface area contributed by atoms with Crippen molar-refractivity contribution in [2.75, 3.05) is 5.73 Å². The average Bonchev–Trinajstić information content (AvgIpc) is 2.47. The highest BCUT2D eigenvalue weighted by atomic mass is 16.1. The molecule has 0 saturated carbocycles. The summed E-state index contributed by atoms with van der Waals surface area (Å²) in [5.41, 5.74) is 5.30. The minimum absolute atomic E-state index is 0.0480.